The highest BCUT2D eigenvalue weighted by Crippen LogP contribution is 2.28. The largest absolute Gasteiger partial charge is 0.382 e. The molecule has 0 radical (unpaired) electrons. The van der Waals surface area contributed by atoms with Gasteiger partial charge in [-0.05, 0) is 25.0 Å². The first-order chi connectivity index (χ1) is 12.6. The topological polar surface area (TPSA) is 83.9 Å². The van der Waals surface area contributed by atoms with Gasteiger partial charge < -0.3 is 15.1 Å². The summed E-state index contributed by atoms with van der Waals surface area (Å²) in [6, 6.07) is 3.15. The number of oxime groups is 1. The number of hydrogen-bond acceptors (Lipinski definition) is 7. The Balaban J connectivity index is 1.40. The highest BCUT2D eigenvalue weighted by molar-refractivity contribution is 7.18. The molecule has 1 saturated heterocycles. The van der Waals surface area contributed by atoms with E-state index in [1.54, 1.807) is 22.5 Å². The van der Waals surface area contributed by atoms with Crippen LogP contribution in [-0.2, 0) is 14.4 Å². The van der Waals surface area contributed by atoms with Crippen LogP contribution < -0.4 is 5.32 Å². The minimum Gasteiger partial charge on any atom is -0.382 e. The fourth-order valence-corrected chi connectivity index (χ4v) is 4.65. The van der Waals surface area contributed by atoms with E-state index in [0.29, 0.717) is 34.6 Å². The minimum atomic E-state index is -0.695. The zero-order valence-electron chi connectivity index (χ0n) is 13.6. The molecule has 0 saturated carbocycles. The molecule has 4 heterocycles. The summed E-state index contributed by atoms with van der Waals surface area (Å²) < 4.78 is 0.663. The lowest BCUT2D eigenvalue weighted by Crippen LogP contribution is -2.47. The molecule has 2 aliphatic rings. The Labute approximate surface area is 162 Å². The van der Waals surface area contributed by atoms with Crippen LogP contribution in [0, 0.1) is 0 Å². The van der Waals surface area contributed by atoms with Gasteiger partial charge in [-0.15, -0.1) is 22.7 Å². The number of halogens is 1. The van der Waals surface area contributed by atoms with Crippen LogP contribution in [0.2, 0.25) is 4.34 Å². The monoisotopic (exact) mass is 410 g/mol. The molecule has 0 aromatic carbocycles. The molecule has 0 spiro atoms. The van der Waals surface area contributed by atoms with Gasteiger partial charge in [0.25, 0.3) is 5.91 Å². The second-order valence-corrected chi connectivity index (χ2v) is 8.57. The molecule has 2 aromatic rings. The summed E-state index contributed by atoms with van der Waals surface area (Å²) in [5.74, 6) is -0.418. The number of nitrogens with one attached hydrogen (secondary N) is 1. The molecule has 4 rings (SSSR count). The Morgan fingerprint density at radius 1 is 1.38 bits per heavy atom. The number of likely N-dealkylation sites (tertiary alicyclic amines) is 1. The number of thiophene rings is 1. The van der Waals surface area contributed by atoms with E-state index in [9.17, 15) is 9.59 Å². The molecule has 2 aromatic heterocycles. The summed E-state index contributed by atoms with van der Waals surface area (Å²) in [6.07, 6.45) is 2.72. The Morgan fingerprint density at radius 2 is 2.27 bits per heavy atom. The van der Waals surface area contributed by atoms with Crippen LogP contribution in [-0.4, -0.2) is 46.1 Å². The maximum absolute atomic E-state index is 12.9. The standard InChI is InChI=1S/C16H15ClN4O3S2/c17-13-4-3-12(26-13)9-8-11(24-20-9)15(23)21-6-1-2-10(21)14(22)19-16-18-5-7-25-16/h3-5,7,10-11H,1-2,6,8H2,(H,18,19,22). The van der Waals surface area contributed by atoms with Crippen molar-refractivity contribution in [1.29, 1.82) is 0 Å². The SMILES string of the molecule is O=C(Nc1nccs1)C1CCCN1C(=O)C1CC(c2ccc(Cl)s2)=NO1. The van der Waals surface area contributed by atoms with Gasteiger partial charge in [-0.2, -0.15) is 0 Å². The van der Waals surface area contributed by atoms with Crippen LogP contribution in [0.25, 0.3) is 0 Å². The van der Waals surface area contributed by atoms with Crippen molar-refractivity contribution in [3.63, 3.8) is 0 Å². The molecule has 10 heteroatoms. The van der Waals surface area contributed by atoms with Crippen molar-refractivity contribution in [3.05, 3.63) is 32.9 Å². The second kappa shape index (κ2) is 7.34. The van der Waals surface area contributed by atoms with Gasteiger partial charge in [-0.1, -0.05) is 16.8 Å². The summed E-state index contributed by atoms with van der Waals surface area (Å²) in [5.41, 5.74) is 0.711. The molecule has 7 nitrogen and oxygen atoms in total. The van der Waals surface area contributed by atoms with E-state index < -0.39 is 12.1 Å². The molecule has 2 amide bonds. The molecule has 1 N–H and O–H groups in total. The van der Waals surface area contributed by atoms with E-state index in [4.69, 9.17) is 16.4 Å². The van der Waals surface area contributed by atoms with E-state index in [1.807, 2.05) is 6.07 Å². The van der Waals surface area contributed by atoms with Gasteiger partial charge in [0.1, 0.15) is 11.8 Å². The zero-order valence-corrected chi connectivity index (χ0v) is 15.9. The molecule has 2 unspecified atom stereocenters. The zero-order chi connectivity index (χ0) is 18.1. The maximum Gasteiger partial charge on any atom is 0.267 e. The number of carbonyl (C=O) groups excluding carboxylic acids is 2. The molecule has 1 fully saturated rings. The number of carbonyl (C=O) groups is 2. The van der Waals surface area contributed by atoms with E-state index in [0.717, 1.165) is 11.3 Å². The lowest BCUT2D eigenvalue weighted by molar-refractivity contribution is -0.145. The summed E-state index contributed by atoms with van der Waals surface area (Å²) in [7, 11) is 0. The molecule has 2 atom stereocenters. The van der Waals surface area contributed by atoms with E-state index >= 15 is 0 Å². The third-order valence-electron chi connectivity index (χ3n) is 4.30. The Bertz CT molecular complexity index is 852. The number of aromatic nitrogens is 1. The van der Waals surface area contributed by atoms with Crippen molar-refractivity contribution >= 4 is 56.9 Å². The number of hydrogen-bond donors (Lipinski definition) is 1. The average molecular weight is 411 g/mol. The van der Waals surface area contributed by atoms with Crippen molar-refractivity contribution in [2.45, 2.75) is 31.4 Å². The first kappa shape index (κ1) is 17.4. The first-order valence-electron chi connectivity index (χ1n) is 8.11. The quantitative estimate of drug-likeness (QED) is 0.839. The first-order valence-corrected chi connectivity index (χ1v) is 10.2. The Hall–Kier alpha value is -1.97. The smallest absolute Gasteiger partial charge is 0.267 e. The van der Waals surface area contributed by atoms with E-state index in [2.05, 4.69) is 15.5 Å². The van der Waals surface area contributed by atoms with Crippen LogP contribution in [0.3, 0.4) is 0 Å². The van der Waals surface area contributed by atoms with E-state index in [1.165, 1.54) is 22.7 Å². The average Bonchev–Trinajstić information content (AvgIpc) is 3.40. The van der Waals surface area contributed by atoms with E-state index in [-0.39, 0.29) is 11.8 Å². The molecule has 0 aliphatic carbocycles. The second-order valence-electron chi connectivity index (χ2n) is 5.96. The maximum atomic E-state index is 12.9. The highest BCUT2D eigenvalue weighted by atomic mass is 35.5. The molecule has 26 heavy (non-hydrogen) atoms. The van der Waals surface area contributed by atoms with Crippen molar-refractivity contribution in [2.75, 3.05) is 11.9 Å². The molecular formula is C16H15ClN4O3S2. The van der Waals surface area contributed by atoms with Gasteiger partial charge in [0.2, 0.25) is 12.0 Å². The van der Waals surface area contributed by atoms with Crippen molar-refractivity contribution in [1.82, 2.24) is 9.88 Å². The summed E-state index contributed by atoms with van der Waals surface area (Å²) in [5, 5.41) is 9.13. The van der Waals surface area contributed by atoms with Gasteiger partial charge in [-0.3, -0.25) is 9.59 Å². The number of anilines is 1. The minimum absolute atomic E-state index is 0.205. The number of amides is 2. The van der Waals surface area contributed by atoms with Crippen molar-refractivity contribution < 1.29 is 14.4 Å². The van der Waals surface area contributed by atoms with Crippen molar-refractivity contribution in [2.24, 2.45) is 5.16 Å². The number of thiazole rings is 1. The molecule has 136 valence electrons. The Kier molecular flexibility index (Phi) is 4.92. The molecular weight excluding hydrogens is 396 g/mol. The fraction of sp³-hybridized carbons (Fsp3) is 0.375. The molecule has 0 bridgehead atoms. The van der Waals surface area contributed by atoms with Gasteiger partial charge in [0.15, 0.2) is 5.13 Å². The lowest BCUT2D eigenvalue weighted by Gasteiger charge is -2.25. The number of nitrogens with zero attached hydrogens (tertiary/aromatic N) is 3. The third-order valence-corrected chi connectivity index (χ3v) is 6.27. The highest BCUT2D eigenvalue weighted by Gasteiger charge is 2.40. The predicted molar refractivity (Wildman–Crippen MR) is 101 cm³/mol. The third kappa shape index (κ3) is 3.46. The van der Waals surface area contributed by atoms with Crippen LogP contribution >= 0.6 is 34.3 Å². The Morgan fingerprint density at radius 3 is 3.00 bits per heavy atom. The normalized spacial score (nSPS) is 22.2. The van der Waals surface area contributed by atoms with Gasteiger partial charge >= 0.3 is 0 Å². The summed E-state index contributed by atoms with van der Waals surface area (Å²) >= 11 is 8.70. The van der Waals surface area contributed by atoms with Gasteiger partial charge in [0.05, 0.1) is 9.21 Å². The summed E-state index contributed by atoms with van der Waals surface area (Å²) in [4.78, 5) is 37.3. The van der Waals surface area contributed by atoms with Gasteiger partial charge in [0, 0.05) is 24.5 Å². The fourth-order valence-electron chi connectivity index (χ4n) is 3.09. The molecule has 2 aliphatic heterocycles. The van der Waals surface area contributed by atoms with Crippen LogP contribution in [0.1, 0.15) is 24.1 Å². The van der Waals surface area contributed by atoms with Crippen LogP contribution in [0.15, 0.2) is 28.9 Å². The number of rotatable bonds is 4. The van der Waals surface area contributed by atoms with Crippen LogP contribution in [0.5, 0.6) is 0 Å². The van der Waals surface area contributed by atoms with Gasteiger partial charge in [-0.25, -0.2) is 4.98 Å². The predicted octanol–water partition coefficient (Wildman–Crippen LogP) is 2.98. The van der Waals surface area contributed by atoms with Crippen LogP contribution in [0.4, 0.5) is 5.13 Å². The van der Waals surface area contributed by atoms with Crippen molar-refractivity contribution in [3.8, 4) is 0 Å². The summed E-state index contributed by atoms with van der Waals surface area (Å²) in [6.45, 7) is 0.537. The lowest BCUT2D eigenvalue weighted by atomic mass is 10.1.